The van der Waals surface area contributed by atoms with Gasteiger partial charge in [-0.05, 0) is 12.1 Å². The van der Waals surface area contributed by atoms with Crippen molar-refractivity contribution in [3.8, 4) is 22.9 Å². The van der Waals surface area contributed by atoms with Gasteiger partial charge in [-0.25, -0.2) is 9.97 Å². The summed E-state index contributed by atoms with van der Waals surface area (Å²) in [7, 11) is 3.14. The van der Waals surface area contributed by atoms with E-state index in [1.165, 1.54) is 6.20 Å². The molecule has 0 aliphatic heterocycles. The van der Waals surface area contributed by atoms with Crippen LogP contribution in [0, 0.1) is 0 Å². The Balaban J connectivity index is 2.48. The van der Waals surface area contributed by atoms with Gasteiger partial charge in [-0.2, -0.15) is 0 Å². The number of benzene rings is 1. The molecular formula is C13H15N3O3. The summed E-state index contributed by atoms with van der Waals surface area (Å²) in [5.74, 6) is 1.99. The van der Waals surface area contributed by atoms with Crippen molar-refractivity contribution >= 4 is 5.82 Å². The van der Waals surface area contributed by atoms with Crippen LogP contribution in [0.5, 0.6) is 11.5 Å². The fourth-order valence-electron chi connectivity index (χ4n) is 1.62. The van der Waals surface area contributed by atoms with Gasteiger partial charge in [-0.15, -0.1) is 0 Å². The Morgan fingerprint density at radius 1 is 1.16 bits per heavy atom. The third-order valence-electron chi connectivity index (χ3n) is 2.68. The molecule has 6 nitrogen and oxygen atoms in total. The summed E-state index contributed by atoms with van der Waals surface area (Å²) < 4.78 is 10.4. The van der Waals surface area contributed by atoms with E-state index in [1.807, 2.05) is 0 Å². The van der Waals surface area contributed by atoms with Crippen LogP contribution in [0.3, 0.4) is 0 Å². The smallest absolute Gasteiger partial charge is 0.161 e. The molecule has 1 heterocycles. The van der Waals surface area contributed by atoms with Crippen LogP contribution in [0.2, 0.25) is 0 Å². The summed E-state index contributed by atoms with van der Waals surface area (Å²) in [4.78, 5) is 8.33. The topological polar surface area (TPSA) is 90.5 Å². The number of anilines is 1. The van der Waals surface area contributed by atoms with Gasteiger partial charge >= 0.3 is 0 Å². The summed E-state index contributed by atoms with van der Waals surface area (Å²) >= 11 is 0. The second kappa shape index (κ2) is 5.53. The van der Waals surface area contributed by atoms with Gasteiger partial charge in [0.15, 0.2) is 5.82 Å². The summed E-state index contributed by atoms with van der Waals surface area (Å²) in [5.41, 5.74) is 6.96. The van der Waals surface area contributed by atoms with Crippen LogP contribution in [-0.2, 0) is 6.61 Å². The number of aliphatic hydroxyl groups is 1. The molecule has 0 spiro atoms. The molecule has 3 N–H and O–H groups in total. The number of nitrogens with zero attached hydrogens (tertiary/aromatic N) is 2. The molecule has 0 atom stereocenters. The lowest BCUT2D eigenvalue weighted by Crippen LogP contribution is -2.01. The van der Waals surface area contributed by atoms with Gasteiger partial charge in [-0.3, -0.25) is 0 Å². The number of hydrogen-bond acceptors (Lipinski definition) is 6. The Morgan fingerprint density at radius 3 is 2.26 bits per heavy atom. The lowest BCUT2D eigenvalue weighted by molar-refractivity contribution is 0.281. The number of rotatable bonds is 4. The molecule has 0 radical (unpaired) electrons. The van der Waals surface area contributed by atoms with Crippen LogP contribution in [-0.4, -0.2) is 29.3 Å². The average Bonchev–Trinajstić information content (AvgIpc) is 2.46. The van der Waals surface area contributed by atoms with Crippen LogP contribution in [0.15, 0.2) is 24.4 Å². The minimum absolute atomic E-state index is 0.187. The van der Waals surface area contributed by atoms with Crippen molar-refractivity contribution in [2.45, 2.75) is 6.61 Å². The number of hydrogen-bond donors (Lipinski definition) is 2. The van der Waals surface area contributed by atoms with Gasteiger partial charge in [-0.1, -0.05) is 0 Å². The molecule has 6 heteroatoms. The van der Waals surface area contributed by atoms with E-state index in [1.54, 1.807) is 32.4 Å². The zero-order valence-corrected chi connectivity index (χ0v) is 10.8. The Morgan fingerprint density at radius 2 is 1.79 bits per heavy atom. The van der Waals surface area contributed by atoms with Crippen LogP contribution in [0.25, 0.3) is 11.4 Å². The van der Waals surface area contributed by atoms with E-state index in [9.17, 15) is 0 Å². The van der Waals surface area contributed by atoms with Crippen LogP contribution in [0.4, 0.5) is 5.82 Å². The first kappa shape index (κ1) is 13.1. The largest absolute Gasteiger partial charge is 0.497 e. The zero-order valence-electron chi connectivity index (χ0n) is 10.8. The first-order chi connectivity index (χ1) is 9.17. The number of ether oxygens (including phenoxy) is 2. The molecule has 0 bridgehead atoms. The molecule has 1 aromatic carbocycles. The van der Waals surface area contributed by atoms with Crippen molar-refractivity contribution in [1.29, 1.82) is 0 Å². The maximum Gasteiger partial charge on any atom is 0.161 e. The molecule has 0 saturated heterocycles. The summed E-state index contributed by atoms with van der Waals surface area (Å²) in [6.45, 7) is -0.187. The highest BCUT2D eigenvalue weighted by atomic mass is 16.5. The van der Waals surface area contributed by atoms with Crippen molar-refractivity contribution in [1.82, 2.24) is 9.97 Å². The molecule has 0 aliphatic carbocycles. The van der Waals surface area contributed by atoms with Gasteiger partial charge < -0.3 is 20.3 Å². The lowest BCUT2D eigenvalue weighted by atomic mass is 10.2. The molecule has 0 aliphatic rings. The number of nitrogens with two attached hydrogens (primary N) is 1. The molecule has 0 amide bonds. The van der Waals surface area contributed by atoms with E-state index < -0.39 is 0 Å². The van der Waals surface area contributed by atoms with Crippen molar-refractivity contribution in [3.63, 3.8) is 0 Å². The maximum absolute atomic E-state index is 9.04. The molecule has 0 fully saturated rings. The first-order valence-electron chi connectivity index (χ1n) is 5.63. The monoisotopic (exact) mass is 261 g/mol. The maximum atomic E-state index is 9.04. The predicted molar refractivity (Wildman–Crippen MR) is 70.9 cm³/mol. The highest BCUT2D eigenvalue weighted by Gasteiger charge is 2.09. The first-order valence-corrected chi connectivity index (χ1v) is 5.63. The van der Waals surface area contributed by atoms with E-state index >= 15 is 0 Å². The van der Waals surface area contributed by atoms with E-state index in [0.29, 0.717) is 22.9 Å². The van der Waals surface area contributed by atoms with Crippen molar-refractivity contribution < 1.29 is 14.6 Å². The van der Waals surface area contributed by atoms with Crippen molar-refractivity contribution in [2.75, 3.05) is 20.0 Å². The fraction of sp³-hybridized carbons (Fsp3) is 0.231. The van der Waals surface area contributed by atoms with E-state index in [2.05, 4.69) is 9.97 Å². The quantitative estimate of drug-likeness (QED) is 0.860. The fourth-order valence-corrected chi connectivity index (χ4v) is 1.62. The lowest BCUT2D eigenvalue weighted by Gasteiger charge is -2.09. The van der Waals surface area contributed by atoms with E-state index in [0.717, 1.165) is 5.56 Å². The normalized spacial score (nSPS) is 10.3. The van der Waals surface area contributed by atoms with Crippen LogP contribution in [0.1, 0.15) is 5.56 Å². The van der Waals surface area contributed by atoms with Crippen molar-refractivity contribution in [3.05, 3.63) is 30.0 Å². The molecule has 2 rings (SSSR count). The average molecular weight is 261 g/mol. The van der Waals surface area contributed by atoms with Crippen LogP contribution < -0.4 is 15.2 Å². The molecule has 2 aromatic rings. The summed E-state index contributed by atoms with van der Waals surface area (Å²) in [6.07, 6.45) is 1.50. The molecule has 1 aromatic heterocycles. The highest BCUT2D eigenvalue weighted by molar-refractivity contribution is 5.62. The molecule has 0 saturated carbocycles. The SMILES string of the molecule is COc1cc(OC)cc(-c2ncc(CO)c(N)n2)c1. The van der Waals surface area contributed by atoms with Gasteiger partial charge in [0, 0.05) is 23.4 Å². The van der Waals surface area contributed by atoms with Crippen LogP contribution >= 0.6 is 0 Å². The minimum Gasteiger partial charge on any atom is -0.497 e. The number of methoxy groups -OCH3 is 2. The Labute approximate surface area is 110 Å². The number of aromatic nitrogens is 2. The summed E-state index contributed by atoms with van der Waals surface area (Å²) in [6, 6.07) is 5.33. The molecular weight excluding hydrogens is 246 g/mol. The standard InChI is InChI=1S/C13H15N3O3/c1-18-10-3-8(4-11(5-10)19-2)13-15-6-9(7-17)12(14)16-13/h3-6,17H,7H2,1-2H3,(H2,14,15,16). The second-order valence-electron chi connectivity index (χ2n) is 3.86. The minimum atomic E-state index is -0.187. The Bertz CT molecular complexity index is 565. The molecule has 0 unspecified atom stereocenters. The Kier molecular flexibility index (Phi) is 3.82. The number of nitrogen functional groups attached to an aromatic ring is 1. The molecule has 100 valence electrons. The van der Waals surface area contributed by atoms with Gasteiger partial charge in [0.05, 0.1) is 20.8 Å². The van der Waals surface area contributed by atoms with E-state index in [4.69, 9.17) is 20.3 Å². The third-order valence-corrected chi connectivity index (χ3v) is 2.68. The van der Waals surface area contributed by atoms with E-state index in [-0.39, 0.29) is 12.4 Å². The third kappa shape index (κ3) is 2.74. The van der Waals surface area contributed by atoms with Crippen molar-refractivity contribution in [2.24, 2.45) is 0 Å². The van der Waals surface area contributed by atoms with Gasteiger partial charge in [0.25, 0.3) is 0 Å². The number of aliphatic hydroxyl groups excluding tert-OH is 1. The molecule has 19 heavy (non-hydrogen) atoms. The zero-order chi connectivity index (χ0) is 13.8. The van der Waals surface area contributed by atoms with Gasteiger partial charge in [0.1, 0.15) is 17.3 Å². The second-order valence-corrected chi connectivity index (χ2v) is 3.86. The Hall–Kier alpha value is -2.34. The highest BCUT2D eigenvalue weighted by Crippen LogP contribution is 2.28. The summed E-state index contributed by atoms with van der Waals surface area (Å²) in [5, 5.41) is 9.04. The predicted octanol–water partition coefficient (Wildman–Crippen LogP) is 1.24. The van der Waals surface area contributed by atoms with Gasteiger partial charge in [0.2, 0.25) is 0 Å².